The number of piperidine rings is 1. The van der Waals surface area contributed by atoms with Crippen LogP contribution >= 0.6 is 11.3 Å². The van der Waals surface area contributed by atoms with E-state index in [-0.39, 0.29) is 13.2 Å². The van der Waals surface area contributed by atoms with Gasteiger partial charge in [0.15, 0.2) is 16.4 Å². The minimum atomic E-state index is -0.542. The Morgan fingerprint density at radius 3 is 2.66 bits per heavy atom. The normalized spacial score (nSPS) is 14.1. The summed E-state index contributed by atoms with van der Waals surface area (Å²) in [6.45, 7) is 1.68. The summed E-state index contributed by atoms with van der Waals surface area (Å²) in [5.41, 5.74) is 1.26. The molecule has 1 aromatic carbocycles. The number of thiazole rings is 1. The summed E-state index contributed by atoms with van der Waals surface area (Å²) in [7, 11) is 0. The van der Waals surface area contributed by atoms with Crippen LogP contribution in [0.4, 0.5) is 5.13 Å². The van der Waals surface area contributed by atoms with Crippen molar-refractivity contribution < 1.29 is 13.9 Å². The van der Waals surface area contributed by atoms with E-state index in [9.17, 15) is 9.59 Å². The molecule has 0 saturated carbocycles. The van der Waals surface area contributed by atoms with Crippen molar-refractivity contribution in [2.24, 2.45) is 0 Å². The lowest BCUT2D eigenvalue weighted by molar-refractivity contribution is -0.146. The molecule has 4 aromatic rings. The highest BCUT2D eigenvalue weighted by Gasteiger charge is 2.23. The molecule has 4 heterocycles. The van der Waals surface area contributed by atoms with Crippen LogP contribution in [0.5, 0.6) is 0 Å². The van der Waals surface area contributed by atoms with Gasteiger partial charge in [-0.1, -0.05) is 41.7 Å². The molecule has 0 spiro atoms. The fourth-order valence-electron chi connectivity index (χ4n) is 3.76. The van der Waals surface area contributed by atoms with E-state index < -0.39 is 11.5 Å². The third-order valence-electron chi connectivity index (χ3n) is 5.39. The van der Waals surface area contributed by atoms with Crippen LogP contribution in [0.2, 0.25) is 0 Å². The molecular weight excluding hydrogens is 428 g/mol. The third-order valence-corrected chi connectivity index (χ3v) is 6.51. The van der Waals surface area contributed by atoms with E-state index in [1.54, 1.807) is 18.4 Å². The zero-order chi connectivity index (χ0) is 21.9. The first-order valence-electron chi connectivity index (χ1n) is 10.6. The van der Waals surface area contributed by atoms with Gasteiger partial charge in [-0.05, 0) is 37.0 Å². The van der Waals surface area contributed by atoms with Crippen molar-refractivity contribution >= 4 is 32.7 Å². The molecule has 1 aliphatic rings. The fraction of sp³-hybridized carbons (Fsp3) is 0.304. The molecule has 5 rings (SSSR count). The largest absolute Gasteiger partial charge is 0.463 e. The molecule has 164 valence electrons. The number of ether oxygens (including phenoxy) is 1. The summed E-state index contributed by atoms with van der Waals surface area (Å²) in [5.74, 6) is -0.0186. The Morgan fingerprint density at radius 1 is 1.09 bits per heavy atom. The Hall–Kier alpha value is -3.46. The molecule has 1 aliphatic heterocycles. The van der Waals surface area contributed by atoms with Crippen LogP contribution in [0.25, 0.3) is 21.7 Å². The molecule has 32 heavy (non-hydrogen) atoms. The van der Waals surface area contributed by atoms with Gasteiger partial charge in [0.25, 0.3) is 5.56 Å². The molecule has 1 fully saturated rings. The maximum absolute atomic E-state index is 13.1. The molecule has 1 saturated heterocycles. The molecule has 0 radical (unpaired) electrons. The van der Waals surface area contributed by atoms with E-state index in [2.05, 4.69) is 15.0 Å². The third kappa shape index (κ3) is 4.16. The van der Waals surface area contributed by atoms with E-state index in [4.69, 9.17) is 9.15 Å². The summed E-state index contributed by atoms with van der Waals surface area (Å²) in [5, 5.41) is 5.26. The van der Waals surface area contributed by atoms with Gasteiger partial charge in [-0.25, -0.2) is 9.67 Å². The minimum absolute atomic E-state index is 0.136. The van der Waals surface area contributed by atoms with Crippen LogP contribution in [0.15, 0.2) is 57.9 Å². The molecule has 3 aromatic heterocycles. The first-order chi connectivity index (χ1) is 15.7. The number of carbonyl (C=O) groups is 1. The average molecular weight is 451 g/mol. The van der Waals surface area contributed by atoms with Gasteiger partial charge in [-0.3, -0.25) is 9.59 Å². The highest BCUT2D eigenvalue weighted by Crippen LogP contribution is 2.34. The van der Waals surface area contributed by atoms with Crippen molar-refractivity contribution in [3.05, 3.63) is 64.6 Å². The first kappa shape index (κ1) is 20.4. The standard InChI is InChI=1S/C23H22N4O4S/c28-18(31-15-16-8-3-1-4-9-16)14-27-22(29)20-21(19(25-27)17-10-7-13-30-17)32-23(24-20)26-11-5-2-6-12-26/h1,3-4,7-10,13H,2,5-6,11-12,14-15H2. The summed E-state index contributed by atoms with van der Waals surface area (Å²) in [6.07, 6.45) is 4.98. The maximum Gasteiger partial charge on any atom is 0.328 e. The smallest absolute Gasteiger partial charge is 0.328 e. The summed E-state index contributed by atoms with van der Waals surface area (Å²) in [6, 6.07) is 12.9. The number of hydrogen-bond acceptors (Lipinski definition) is 8. The molecule has 9 heteroatoms. The quantitative estimate of drug-likeness (QED) is 0.412. The number of aromatic nitrogens is 3. The molecule has 0 aliphatic carbocycles. The van der Waals surface area contributed by atoms with Crippen molar-refractivity contribution in [2.75, 3.05) is 18.0 Å². The predicted octanol–water partition coefficient (Wildman–Crippen LogP) is 3.85. The number of carbonyl (C=O) groups excluding carboxylic acids is 1. The zero-order valence-corrected chi connectivity index (χ0v) is 18.2. The van der Waals surface area contributed by atoms with Crippen LogP contribution in [-0.2, 0) is 22.7 Å². The molecule has 0 bridgehead atoms. The van der Waals surface area contributed by atoms with Crippen LogP contribution in [0.1, 0.15) is 24.8 Å². The Bertz CT molecular complexity index is 1270. The van der Waals surface area contributed by atoms with Crippen molar-refractivity contribution in [2.45, 2.75) is 32.4 Å². The van der Waals surface area contributed by atoms with Gasteiger partial charge in [-0.15, -0.1) is 0 Å². The Kier molecular flexibility index (Phi) is 5.72. The average Bonchev–Trinajstić information content (AvgIpc) is 3.52. The van der Waals surface area contributed by atoms with Gasteiger partial charge in [0.1, 0.15) is 18.8 Å². The number of fused-ring (bicyclic) bond motifs is 1. The van der Waals surface area contributed by atoms with E-state index in [0.29, 0.717) is 21.7 Å². The van der Waals surface area contributed by atoms with Gasteiger partial charge in [0, 0.05) is 13.1 Å². The number of esters is 1. The number of anilines is 1. The van der Waals surface area contributed by atoms with E-state index in [1.165, 1.54) is 17.8 Å². The second-order valence-electron chi connectivity index (χ2n) is 7.66. The molecular formula is C23H22N4O4S. The zero-order valence-electron chi connectivity index (χ0n) is 17.4. The Balaban J connectivity index is 1.47. The second kappa shape index (κ2) is 8.96. The lowest BCUT2D eigenvalue weighted by Crippen LogP contribution is -2.30. The summed E-state index contributed by atoms with van der Waals surface area (Å²) in [4.78, 5) is 32.4. The number of benzene rings is 1. The monoisotopic (exact) mass is 450 g/mol. The van der Waals surface area contributed by atoms with Gasteiger partial charge < -0.3 is 14.1 Å². The summed E-state index contributed by atoms with van der Waals surface area (Å²) >= 11 is 1.44. The van der Waals surface area contributed by atoms with E-state index in [0.717, 1.165) is 41.3 Å². The highest BCUT2D eigenvalue weighted by atomic mass is 32.1. The van der Waals surface area contributed by atoms with Crippen LogP contribution in [0, 0.1) is 0 Å². The maximum atomic E-state index is 13.1. The fourth-order valence-corrected chi connectivity index (χ4v) is 4.86. The molecule has 0 amide bonds. The topological polar surface area (TPSA) is 90.5 Å². The van der Waals surface area contributed by atoms with Gasteiger partial charge in [-0.2, -0.15) is 5.10 Å². The minimum Gasteiger partial charge on any atom is -0.463 e. The SMILES string of the molecule is O=C(Cn1nc(-c2ccco2)c2sc(N3CCCCC3)nc2c1=O)OCc1ccccc1. The van der Waals surface area contributed by atoms with Crippen molar-refractivity contribution in [1.29, 1.82) is 0 Å². The van der Waals surface area contributed by atoms with Crippen LogP contribution in [0.3, 0.4) is 0 Å². The molecule has 0 atom stereocenters. The molecule has 0 unspecified atom stereocenters. The Morgan fingerprint density at radius 2 is 1.91 bits per heavy atom. The molecule has 0 N–H and O–H groups in total. The molecule has 8 nitrogen and oxygen atoms in total. The number of nitrogens with zero attached hydrogens (tertiary/aromatic N) is 4. The summed E-state index contributed by atoms with van der Waals surface area (Å²) < 4.78 is 12.7. The Labute approximate surface area is 188 Å². The first-order valence-corrected chi connectivity index (χ1v) is 11.4. The second-order valence-corrected chi connectivity index (χ2v) is 8.63. The van der Waals surface area contributed by atoms with Gasteiger partial charge >= 0.3 is 5.97 Å². The van der Waals surface area contributed by atoms with Crippen LogP contribution in [-0.4, -0.2) is 33.8 Å². The number of furan rings is 1. The predicted molar refractivity (Wildman–Crippen MR) is 122 cm³/mol. The van der Waals surface area contributed by atoms with Gasteiger partial charge in [0.05, 0.1) is 11.0 Å². The number of rotatable bonds is 6. The van der Waals surface area contributed by atoms with Crippen molar-refractivity contribution in [1.82, 2.24) is 14.8 Å². The van der Waals surface area contributed by atoms with Crippen LogP contribution < -0.4 is 10.5 Å². The number of hydrogen-bond donors (Lipinski definition) is 0. The van der Waals surface area contributed by atoms with Crippen molar-refractivity contribution in [3.8, 4) is 11.5 Å². The lowest BCUT2D eigenvalue weighted by atomic mass is 10.1. The lowest BCUT2D eigenvalue weighted by Gasteiger charge is -2.25. The van der Waals surface area contributed by atoms with E-state index in [1.807, 2.05) is 30.3 Å². The van der Waals surface area contributed by atoms with E-state index >= 15 is 0 Å². The van der Waals surface area contributed by atoms with Crippen molar-refractivity contribution in [3.63, 3.8) is 0 Å². The highest BCUT2D eigenvalue weighted by molar-refractivity contribution is 7.22. The van der Waals surface area contributed by atoms with Gasteiger partial charge in [0.2, 0.25) is 0 Å².